The second-order valence-corrected chi connectivity index (χ2v) is 7.55. The first-order valence-electron chi connectivity index (χ1n) is 6.75. The Hall–Kier alpha value is -0.730. The molecule has 0 saturated carbocycles. The van der Waals surface area contributed by atoms with Crippen LogP contribution in [0.4, 0.5) is 0 Å². The highest BCUT2D eigenvalue weighted by Crippen LogP contribution is 2.27. The number of nitrogens with zero attached hydrogens (tertiary/aromatic N) is 2. The summed E-state index contributed by atoms with van der Waals surface area (Å²) in [5.41, 5.74) is 6.44. The molecule has 3 N–H and O–H groups in total. The second-order valence-electron chi connectivity index (χ2n) is 5.40. The number of hydrogen-bond donors (Lipinski definition) is 2. The lowest BCUT2D eigenvalue weighted by molar-refractivity contribution is 0.0907. The first-order valence-corrected chi connectivity index (χ1v) is 8.44. The number of nitrogens with two attached hydrogens (primary N) is 1. The molecule has 0 aliphatic carbocycles. The number of aromatic nitrogens is 2. The summed E-state index contributed by atoms with van der Waals surface area (Å²) in [6, 6.07) is 0. The minimum atomic E-state index is -0.515. The van der Waals surface area contributed by atoms with Crippen molar-refractivity contribution in [2.45, 2.75) is 39.7 Å². The van der Waals surface area contributed by atoms with Crippen LogP contribution in [0, 0.1) is 13.8 Å². The Morgan fingerprint density at radius 3 is 2.48 bits per heavy atom. The number of nitrogens with one attached hydrogen (secondary N) is 1. The second kappa shape index (κ2) is 8.94. The Morgan fingerprint density at radius 1 is 1.30 bits per heavy atom. The molecule has 0 fully saturated rings. The van der Waals surface area contributed by atoms with Gasteiger partial charge in [-0.15, -0.1) is 47.5 Å². The molecular formula is C14H22Cl2N4OS2. The topological polar surface area (TPSA) is 80.9 Å². The molecule has 130 valence electrons. The van der Waals surface area contributed by atoms with E-state index in [0.717, 1.165) is 15.7 Å². The van der Waals surface area contributed by atoms with Gasteiger partial charge in [0.2, 0.25) is 0 Å². The first kappa shape index (κ1) is 22.3. The van der Waals surface area contributed by atoms with Crippen molar-refractivity contribution in [1.82, 2.24) is 15.3 Å². The summed E-state index contributed by atoms with van der Waals surface area (Å²) in [5, 5.41) is 6.58. The largest absolute Gasteiger partial charge is 0.339 e. The normalized spacial score (nSPS) is 10.7. The van der Waals surface area contributed by atoms with E-state index in [4.69, 9.17) is 5.73 Å². The number of halogens is 2. The summed E-state index contributed by atoms with van der Waals surface area (Å²) >= 11 is 3.08. The lowest BCUT2D eigenvalue weighted by atomic mass is 10.1. The van der Waals surface area contributed by atoms with Crippen LogP contribution in [0.1, 0.15) is 44.9 Å². The molecule has 0 bridgehead atoms. The van der Waals surface area contributed by atoms with E-state index in [2.05, 4.69) is 15.3 Å². The fourth-order valence-corrected chi connectivity index (χ4v) is 3.56. The van der Waals surface area contributed by atoms with Crippen molar-refractivity contribution in [3.05, 3.63) is 31.7 Å². The first-order chi connectivity index (χ1) is 9.83. The number of carbonyl (C=O) groups is 1. The SMILES string of the molecule is Cc1nc(C(C)(C)NC(=O)c2csc(CCN)n2)sc1C.Cl.Cl. The predicted molar refractivity (Wildman–Crippen MR) is 101 cm³/mol. The molecule has 0 spiro atoms. The van der Waals surface area contributed by atoms with Gasteiger partial charge in [-0.2, -0.15) is 0 Å². The lowest BCUT2D eigenvalue weighted by Crippen LogP contribution is -2.41. The van der Waals surface area contributed by atoms with Crippen LogP contribution < -0.4 is 11.1 Å². The Bertz CT molecular complexity index is 635. The molecule has 2 aromatic rings. The smallest absolute Gasteiger partial charge is 0.271 e. The Morgan fingerprint density at radius 2 is 1.96 bits per heavy atom. The van der Waals surface area contributed by atoms with Crippen molar-refractivity contribution >= 4 is 53.4 Å². The molecular weight excluding hydrogens is 375 g/mol. The maximum Gasteiger partial charge on any atom is 0.271 e. The van der Waals surface area contributed by atoms with Gasteiger partial charge in [-0.05, 0) is 34.2 Å². The van der Waals surface area contributed by atoms with E-state index in [1.807, 2.05) is 27.7 Å². The Labute approximate surface area is 156 Å². The van der Waals surface area contributed by atoms with E-state index in [0.29, 0.717) is 18.7 Å². The van der Waals surface area contributed by atoms with Gasteiger partial charge in [0.25, 0.3) is 5.91 Å². The van der Waals surface area contributed by atoms with Crippen molar-refractivity contribution in [3.8, 4) is 0 Å². The highest BCUT2D eigenvalue weighted by molar-refractivity contribution is 7.11. The van der Waals surface area contributed by atoms with E-state index in [-0.39, 0.29) is 30.7 Å². The van der Waals surface area contributed by atoms with E-state index >= 15 is 0 Å². The Kier molecular flexibility index (Phi) is 8.65. The van der Waals surface area contributed by atoms with Crippen LogP contribution in [-0.4, -0.2) is 22.4 Å². The van der Waals surface area contributed by atoms with Gasteiger partial charge in [0.15, 0.2) is 0 Å². The molecule has 0 radical (unpaired) electrons. The average Bonchev–Trinajstić information content (AvgIpc) is 2.98. The summed E-state index contributed by atoms with van der Waals surface area (Å²) in [7, 11) is 0. The number of amides is 1. The molecule has 9 heteroatoms. The van der Waals surface area contributed by atoms with Crippen LogP contribution in [0.25, 0.3) is 0 Å². The zero-order valence-corrected chi connectivity index (χ0v) is 16.8. The predicted octanol–water partition coefficient (Wildman–Crippen LogP) is 3.23. The van der Waals surface area contributed by atoms with Gasteiger partial charge in [-0.3, -0.25) is 4.79 Å². The zero-order chi connectivity index (χ0) is 15.6. The fraction of sp³-hybridized carbons (Fsp3) is 0.500. The van der Waals surface area contributed by atoms with Gasteiger partial charge in [0, 0.05) is 16.7 Å². The molecule has 2 aromatic heterocycles. The molecule has 2 rings (SSSR count). The molecule has 0 unspecified atom stereocenters. The van der Waals surface area contributed by atoms with Crippen LogP contribution in [0.5, 0.6) is 0 Å². The minimum Gasteiger partial charge on any atom is -0.339 e. The van der Waals surface area contributed by atoms with E-state index in [1.54, 1.807) is 16.7 Å². The molecule has 2 heterocycles. The van der Waals surface area contributed by atoms with Gasteiger partial charge in [-0.1, -0.05) is 0 Å². The highest BCUT2D eigenvalue weighted by atomic mass is 35.5. The number of hydrogen-bond acceptors (Lipinski definition) is 6. The van der Waals surface area contributed by atoms with Crippen LogP contribution in [0.2, 0.25) is 0 Å². The number of thiazole rings is 2. The van der Waals surface area contributed by atoms with Crippen LogP contribution in [-0.2, 0) is 12.0 Å². The molecule has 0 aromatic carbocycles. The summed E-state index contributed by atoms with van der Waals surface area (Å²) < 4.78 is 0. The maximum atomic E-state index is 12.3. The van der Waals surface area contributed by atoms with Gasteiger partial charge in [0.1, 0.15) is 10.7 Å². The van der Waals surface area contributed by atoms with E-state index in [9.17, 15) is 4.79 Å². The summed E-state index contributed by atoms with van der Waals surface area (Å²) in [6.07, 6.45) is 0.701. The van der Waals surface area contributed by atoms with Crippen LogP contribution in [0.3, 0.4) is 0 Å². The quantitative estimate of drug-likeness (QED) is 0.812. The third-order valence-corrected chi connectivity index (χ3v) is 5.44. The molecule has 0 atom stereocenters. The van der Waals surface area contributed by atoms with Crippen molar-refractivity contribution in [3.63, 3.8) is 0 Å². The maximum absolute atomic E-state index is 12.3. The Balaban J connectivity index is 0.00000242. The van der Waals surface area contributed by atoms with E-state index in [1.165, 1.54) is 16.2 Å². The monoisotopic (exact) mass is 396 g/mol. The van der Waals surface area contributed by atoms with Gasteiger partial charge in [-0.25, -0.2) is 9.97 Å². The molecule has 23 heavy (non-hydrogen) atoms. The van der Waals surface area contributed by atoms with Crippen molar-refractivity contribution in [1.29, 1.82) is 0 Å². The van der Waals surface area contributed by atoms with E-state index < -0.39 is 5.54 Å². The number of aryl methyl sites for hydroxylation is 2. The minimum absolute atomic E-state index is 0. The molecule has 0 aliphatic rings. The molecule has 5 nitrogen and oxygen atoms in total. The third-order valence-electron chi connectivity index (χ3n) is 3.13. The average molecular weight is 397 g/mol. The zero-order valence-electron chi connectivity index (χ0n) is 13.5. The van der Waals surface area contributed by atoms with Crippen molar-refractivity contribution < 1.29 is 4.79 Å². The number of rotatable bonds is 5. The molecule has 0 saturated heterocycles. The summed E-state index contributed by atoms with van der Waals surface area (Å²) in [4.78, 5) is 22.3. The molecule has 0 aliphatic heterocycles. The summed E-state index contributed by atoms with van der Waals surface area (Å²) in [5.74, 6) is -0.176. The van der Waals surface area contributed by atoms with Crippen molar-refractivity contribution in [2.75, 3.05) is 6.54 Å². The molecule has 1 amide bonds. The van der Waals surface area contributed by atoms with Gasteiger partial charge in [0.05, 0.1) is 16.2 Å². The third kappa shape index (κ3) is 5.39. The van der Waals surface area contributed by atoms with Gasteiger partial charge >= 0.3 is 0 Å². The fourth-order valence-electron chi connectivity index (χ4n) is 1.79. The summed E-state index contributed by atoms with van der Waals surface area (Å²) in [6.45, 7) is 8.46. The standard InChI is InChI=1S/C14H20N4OS2.2ClH/c1-8-9(2)21-13(16-8)14(3,4)18-12(19)10-7-20-11(17-10)5-6-15;;/h7H,5-6,15H2,1-4H3,(H,18,19);2*1H. The van der Waals surface area contributed by atoms with Crippen LogP contribution in [0.15, 0.2) is 5.38 Å². The van der Waals surface area contributed by atoms with Gasteiger partial charge < -0.3 is 11.1 Å². The lowest BCUT2D eigenvalue weighted by Gasteiger charge is -2.23. The number of carbonyl (C=O) groups excluding carboxylic acids is 1. The van der Waals surface area contributed by atoms with Crippen LogP contribution >= 0.6 is 47.5 Å². The highest BCUT2D eigenvalue weighted by Gasteiger charge is 2.28. The van der Waals surface area contributed by atoms with Crippen molar-refractivity contribution in [2.24, 2.45) is 5.73 Å².